The average Bonchev–Trinajstić information content (AvgIpc) is 2.81. The second-order valence-electron chi connectivity index (χ2n) is 3.98. The van der Waals surface area contributed by atoms with Crippen molar-refractivity contribution in [3.63, 3.8) is 0 Å². The predicted molar refractivity (Wildman–Crippen MR) is 68.0 cm³/mol. The van der Waals surface area contributed by atoms with Gasteiger partial charge in [-0.3, -0.25) is 9.59 Å². The van der Waals surface area contributed by atoms with Crippen LogP contribution in [-0.2, 0) is 14.3 Å². The van der Waals surface area contributed by atoms with Gasteiger partial charge in [-0.05, 0) is 19.4 Å². The van der Waals surface area contributed by atoms with E-state index in [-0.39, 0.29) is 11.9 Å². The maximum absolute atomic E-state index is 11.5. The van der Waals surface area contributed by atoms with Crippen molar-refractivity contribution < 1.29 is 14.3 Å². The van der Waals surface area contributed by atoms with Gasteiger partial charge in [0, 0.05) is 24.8 Å². The second-order valence-corrected chi connectivity index (χ2v) is 5.08. The highest BCUT2D eigenvalue weighted by Gasteiger charge is 2.16. The molecule has 1 heterocycles. The first kappa shape index (κ1) is 14.3. The fraction of sp³-hybridized carbons (Fsp3) is 0.818. The monoisotopic (exact) mass is 260 g/mol. The fourth-order valence-electron chi connectivity index (χ4n) is 1.70. The predicted octanol–water partition coefficient (Wildman–Crippen LogP) is 0.151. The van der Waals surface area contributed by atoms with Gasteiger partial charge in [-0.1, -0.05) is 0 Å². The van der Waals surface area contributed by atoms with Crippen LogP contribution in [0.3, 0.4) is 0 Å². The molecule has 1 aliphatic rings. The molecule has 0 aliphatic carbocycles. The molecular weight excluding hydrogens is 240 g/mol. The Balaban J connectivity index is 1.94. The molecule has 17 heavy (non-hydrogen) atoms. The molecule has 1 unspecified atom stereocenters. The Labute approximate surface area is 106 Å². The standard InChI is InChI=1S/C11H20N2O3S/c1-16-11(15)8-17-6-5-13-10(14)7-9-3-2-4-12-9/h9,12H,2-8H2,1H3,(H,13,14). The molecule has 1 saturated heterocycles. The van der Waals surface area contributed by atoms with Crippen molar-refractivity contribution >= 4 is 23.6 Å². The quantitative estimate of drug-likeness (QED) is 0.504. The first-order chi connectivity index (χ1) is 8.22. The molecular formula is C11H20N2O3S. The lowest BCUT2D eigenvalue weighted by Gasteiger charge is -2.10. The Kier molecular flexibility index (Phi) is 7.04. The summed E-state index contributed by atoms with van der Waals surface area (Å²) in [5.74, 6) is 0.940. The van der Waals surface area contributed by atoms with Crippen molar-refractivity contribution in [2.75, 3.05) is 31.7 Å². The Morgan fingerprint density at radius 2 is 2.35 bits per heavy atom. The van der Waals surface area contributed by atoms with Crippen LogP contribution >= 0.6 is 11.8 Å². The summed E-state index contributed by atoms with van der Waals surface area (Å²) in [7, 11) is 1.37. The van der Waals surface area contributed by atoms with Gasteiger partial charge in [0.2, 0.25) is 5.91 Å². The summed E-state index contributed by atoms with van der Waals surface area (Å²) in [6.45, 7) is 1.63. The number of carbonyl (C=O) groups excluding carboxylic acids is 2. The highest BCUT2D eigenvalue weighted by Crippen LogP contribution is 2.08. The van der Waals surface area contributed by atoms with Crippen LogP contribution in [0.5, 0.6) is 0 Å². The molecule has 0 aromatic carbocycles. The molecule has 5 nitrogen and oxygen atoms in total. The van der Waals surface area contributed by atoms with Crippen LogP contribution in [0.2, 0.25) is 0 Å². The Morgan fingerprint density at radius 1 is 1.53 bits per heavy atom. The van der Waals surface area contributed by atoms with E-state index in [1.165, 1.54) is 18.9 Å². The van der Waals surface area contributed by atoms with Crippen molar-refractivity contribution in [2.45, 2.75) is 25.3 Å². The molecule has 1 rings (SSSR count). The van der Waals surface area contributed by atoms with E-state index >= 15 is 0 Å². The van der Waals surface area contributed by atoms with E-state index in [1.807, 2.05) is 0 Å². The van der Waals surface area contributed by atoms with Crippen LogP contribution in [0.15, 0.2) is 0 Å². The van der Waals surface area contributed by atoms with E-state index in [2.05, 4.69) is 15.4 Å². The number of amides is 1. The molecule has 98 valence electrons. The van der Waals surface area contributed by atoms with Gasteiger partial charge in [0.15, 0.2) is 0 Å². The van der Waals surface area contributed by atoms with Gasteiger partial charge in [-0.2, -0.15) is 0 Å². The van der Waals surface area contributed by atoms with E-state index in [9.17, 15) is 9.59 Å². The minimum absolute atomic E-state index is 0.0862. The Bertz CT molecular complexity index is 255. The maximum atomic E-state index is 11.5. The van der Waals surface area contributed by atoms with Gasteiger partial charge < -0.3 is 15.4 Å². The number of hydrogen-bond acceptors (Lipinski definition) is 5. The third kappa shape index (κ3) is 6.53. The second kappa shape index (κ2) is 8.36. The van der Waals surface area contributed by atoms with Gasteiger partial charge >= 0.3 is 5.97 Å². The van der Waals surface area contributed by atoms with E-state index < -0.39 is 0 Å². The summed E-state index contributed by atoms with van der Waals surface area (Å²) in [5.41, 5.74) is 0. The Morgan fingerprint density at radius 3 is 3.00 bits per heavy atom. The molecule has 0 bridgehead atoms. The van der Waals surface area contributed by atoms with Gasteiger partial charge in [0.1, 0.15) is 0 Å². The summed E-state index contributed by atoms with van der Waals surface area (Å²) < 4.78 is 4.51. The van der Waals surface area contributed by atoms with Gasteiger partial charge in [-0.15, -0.1) is 11.8 Å². The number of ether oxygens (including phenoxy) is 1. The van der Waals surface area contributed by atoms with Crippen molar-refractivity contribution in [1.29, 1.82) is 0 Å². The number of carbonyl (C=O) groups is 2. The van der Waals surface area contributed by atoms with Crippen LogP contribution in [0, 0.1) is 0 Å². The van der Waals surface area contributed by atoms with Crippen LogP contribution in [-0.4, -0.2) is 49.6 Å². The molecule has 0 aromatic heterocycles. The summed E-state index contributed by atoms with van der Waals surface area (Å²) in [6.07, 6.45) is 2.80. The highest BCUT2D eigenvalue weighted by atomic mass is 32.2. The van der Waals surface area contributed by atoms with Crippen LogP contribution < -0.4 is 10.6 Å². The highest BCUT2D eigenvalue weighted by molar-refractivity contribution is 7.99. The number of hydrogen-bond donors (Lipinski definition) is 2. The minimum atomic E-state index is -0.225. The zero-order chi connectivity index (χ0) is 12.5. The number of thioether (sulfide) groups is 1. The molecule has 1 aliphatic heterocycles. The molecule has 1 fully saturated rings. The summed E-state index contributed by atoms with van der Waals surface area (Å²) in [5, 5.41) is 6.13. The maximum Gasteiger partial charge on any atom is 0.315 e. The molecule has 0 radical (unpaired) electrons. The molecule has 0 saturated carbocycles. The molecule has 1 atom stereocenters. The zero-order valence-corrected chi connectivity index (χ0v) is 11.0. The first-order valence-electron chi connectivity index (χ1n) is 5.87. The molecule has 0 spiro atoms. The summed E-state index contributed by atoms with van der Waals surface area (Å²) in [4.78, 5) is 22.3. The minimum Gasteiger partial charge on any atom is -0.468 e. The largest absolute Gasteiger partial charge is 0.468 e. The summed E-state index contributed by atoms with van der Waals surface area (Å²) >= 11 is 1.47. The topological polar surface area (TPSA) is 67.4 Å². The number of methoxy groups -OCH3 is 1. The van der Waals surface area contributed by atoms with Crippen molar-refractivity contribution in [3.05, 3.63) is 0 Å². The third-order valence-corrected chi connectivity index (χ3v) is 3.54. The number of nitrogens with one attached hydrogen (secondary N) is 2. The molecule has 1 amide bonds. The van der Waals surface area contributed by atoms with Crippen molar-refractivity contribution in [2.24, 2.45) is 0 Å². The third-order valence-electron chi connectivity index (χ3n) is 2.61. The van der Waals surface area contributed by atoms with Crippen molar-refractivity contribution in [1.82, 2.24) is 10.6 Å². The zero-order valence-electron chi connectivity index (χ0n) is 10.2. The van der Waals surface area contributed by atoms with Crippen LogP contribution in [0.25, 0.3) is 0 Å². The van der Waals surface area contributed by atoms with Crippen LogP contribution in [0.4, 0.5) is 0 Å². The van der Waals surface area contributed by atoms with Gasteiger partial charge in [-0.25, -0.2) is 0 Å². The smallest absolute Gasteiger partial charge is 0.315 e. The van der Waals surface area contributed by atoms with E-state index in [4.69, 9.17) is 0 Å². The first-order valence-corrected chi connectivity index (χ1v) is 7.02. The Hall–Kier alpha value is -0.750. The van der Waals surface area contributed by atoms with Crippen LogP contribution in [0.1, 0.15) is 19.3 Å². The number of esters is 1. The molecule has 0 aromatic rings. The number of rotatable bonds is 7. The lowest BCUT2D eigenvalue weighted by molar-refractivity contribution is -0.137. The molecule has 6 heteroatoms. The summed E-state index contributed by atoms with van der Waals surface area (Å²) in [6, 6.07) is 0.345. The fourth-order valence-corrected chi connectivity index (χ4v) is 2.38. The van der Waals surface area contributed by atoms with Gasteiger partial charge in [0.05, 0.1) is 12.9 Å². The van der Waals surface area contributed by atoms with E-state index in [0.717, 1.165) is 25.1 Å². The normalized spacial score (nSPS) is 19.0. The van der Waals surface area contributed by atoms with E-state index in [1.54, 1.807) is 0 Å². The lowest BCUT2D eigenvalue weighted by atomic mass is 10.1. The van der Waals surface area contributed by atoms with E-state index in [0.29, 0.717) is 24.8 Å². The van der Waals surface area contributed by atoms with Crippen molar-refractivity contribution in [3.8, 4) is 0 Å². The SMILES string of the molecule is COC(=O)CSCCNC(=O)CC1CCCN1. The lowest BCUT2D eigenvalue weighted by Crippen LogP contribution is -2.33. The average molecular weight is 260 g/mol. The van der Waals surface area contributed by atoms with Gasteiger partial charge in [0.25, 0.3) is 0 Å². The molecule has 2 N–H and O–H groups in total.